The van der Waals surface area contributed by atoms with Crippen molar-refractivity contribution < 1.29 is 51.6 Å². The molecule has 21 heteroatoms. The summed E-state index contributed by atoms with van der Waals surface area (Å²) in [5.74, 6) is -2.98. The number of carbonyl (C=O) groups is 7. The molecule has 3 aromatic carbocycles. The predicted octanol–water partition coefficient (Wildman–Crippen LogP) is 2.80. The molecule has 2 unspecified atom stereocenters. The highest BCUT2D eigenvalue weighted by molar-refractivity contribution is 7.92. The minimum Gasteiger partial charge on any atom is -0.381 e. The Morgan fingerprint density at radius 3 is 2.46 bits per heavy atom. The number of carbonyl (C=O) groups excluding carboxylic acids is 7. The lowest BCUT2D eigenvalue weighted by atomic mass is 10.0. The fourth-order valence-electron chi connectivity index (χ4n) is 6.91. The average Bonchev–Trinajstić information content (AvgIpc) is 3.72. The van der Waals surface area contributed by atoms with E-state index in [2.05, 4.69) is 21.3 Å². The molecule has 3 aromatic rings. The Morgan fingerprint density at radius 2 is 1.75 bits per heavy atom. The second kappa shape index (κ2) is 18.8. The van der Waals surface area contributed by atoms with Crippen molar-refractivity contribution in [3.8, 4) is 0 Å². The smallest absolute Gasteiger partial charge is 0.319 e. The fourth-order valence-corrected chi connectivity index (χ4v) is 8.70. The summed E-state index contributed by atoms with van der Waals surface area (Å²) < 4.78 is 32.4. The third-order valence-corrected chi connectivity index (χ3v) is 12.9. The quantitative estimate of drug-likeness (QED) is 0.0661. The van der Waals surface area contributed by atoms with Gasteiger partial charge in [0.25, 0.3) is 29.3 Å². The largest absolute Gasteiger partial charge is 0.381 e. The van der Waals surface area contributed by atoms with E-state index in [1.807, 2.05) is 0 Å². The van der Waals surface area contributed by atoms with Crippen LogP contribution in [0.4, 0.5) is 16.2 Å². The summed E-state index contributed by atoms with van der Waals surface area (Å²) in [6, 6.07) is 11.8. The molecule has 3 aliphatic heterocycles. The first-order chi connectivity index (χ1) is 29.0. The number of nitrogens with one attached hydrogen (secondary N) is 4. The van der Waals surface area contributed by atoms with Crippen molar-refractivity contribution in [3.63, 3.8) is 0 Å². The van der Waals surface area contributed by atoms with E-state index >= 15 is 0 Å². The molecular weight excluding hydrogens is 838 g/mol. The van der Waals surface area contributed by atoms with Crippen LogP contribution in [0.1, 0.15) is 63.6 Å². The number of amides is 8. The molecule has 4 N–H and O–H groups in total. The number of fused-ring (bicyclic) bond motifs is 1. The standard InChI is InChI=1S/C40H40ClN7O12S/c1-23(61(58,59)33-8-4-26(19-32(33)48(56)57)37(52)42-14-15-46-35(50)10-11-36(46)51)12-16-60-17-13-25-3-5-28(20-30(25)41)44-40(55)43-21-24-2-6-29-27(18-24)22-47(39(29)54)31-7-9-34(49)45-38(31)53/h2-6,8,10-11,18-20,23,31H,7,9,12-17,21-22H2,1H3,(H,42,52)(H2,43,44,55)(H,45,49,53). The van der Waals surface area contributed by atoms with E-state index in [1.165, 1.54) is 11.8 Å². The summed E-state index contributed by atoms with van der Waals surface area (Å²) in [5.41, 5.74) is 2.06. The summed E-state index contributed by atoms with van der Waals surface area (Å²) >= 11 is 6.47. The lowest BCUT2D eigenvalue weighted by Gasteiger charge is -2.29. The molecule has 6 rings (SSSR count). The lowest BCUT2D eigenvalue weighted by molar-refractivity contribution is -0.387. The predicted molar refractivity (Wildman–Crippen MR) is 217 cm³/mol. The van der Waals surface area contributed by atoms with Crippen LogP contribution in [0.5, 0.6) is 0 Å². The summed E-state index contributed by atoms with van der Waals surface area (Å²) in [6.07, 6.45) is 2.95. The first kappa shape index (κ1) is 44.1. The fraction of sp³-hybridized carbons (Fsp3) is 0.325. The number of imide groups is 2. The van der Waals surface area contributed by atoms with Crippen LogP contribution in [-0.4, -0.2) is 102 Å². The van der Waals surface area contributed by atoms with E-state index in [4.69, 9.17) is 16.3 Å². The van der Waals surface area contributed by atoms with Gasteiger partial charge in [0.2, 0.25) is 11.8 Å². The summed E-state index contributed by atoms with van der Waals surface area (Å²) in [6.45, 7) is 1.67. The van der Waals surface area contributed by atoms with Crippen molar-refractivity contribution in [2.75, 3.05) is 31.6 Å². The number of hydrogen-bond donors (Lipinski definition) is 4. The van der Waals surface area contributed by atoms with Gasteiger partial charge >= 0.3 is 6.03 Å². The van der Waals surface area contributed by atoms with Gasteiger partial charge in [0.15, 0.2) is 9.84 Å². The van der Waals surface area contributed by atoms with Crippen molar-refractivity contribution in [3.05, 3.63) is 110 Å². The third kappa shape index (κ3) is 10.3. The van der Waals surface area contributed by atoms with E-state index in [9.17, 15) is 52.1 Å². The van der Waals surface area contributed by atoms with Gasteiger partial charge in [-0.05, 0) is 73.2 Å². The number of hydrogen-bond acceptors (Lipinski definition) is 12. The number of urea groups is 1. The maximum atomic E-state index is 13.4. The second-order valence-corrected chi connectivity index (χ2v) is 17.1. The molecule has 1 saturated heterocycles. The SMILES string of the molecule is CC(CCOCCc1ccc(NC(=O)NCc2ccc3c(c2)CN(C2CCC(=O)NC2=O)C3=O)cc1Cl)S(=O)(=O)c1ccc(C(=O)NCCN2C(=O)C=CC2=O)cc1[N+](=O)[O-]. The Bertz CT molecular complexity index is 2460. The Balaban J connectivity index is 0.927. The maximum Gasteiger partial charge on any atom is 0.319 e. The van der Waals surface area contributed by atoms with Crippen molar-refractivity contribution in [2.45, 2.75) is 61.9 Å². The molecule has 61 heavy (non-hydrogen) atoms. The zero-order chi connectivity index (χ0) is 44.0. The molecule has 8 amide bonds. The van der Waals surface area contributed by atoms with Crippen LogP contribution in [0, 0.1) is 10.1 Å². The van der Waals surface area contributed by atoms with Gasteiger partial charge in [0, 0.05) is 79.3 Å². The number of anilines is 1. The second-order valence-electron chi connectivity index (χ2n) is 14.4. The van der Waals surface area contributed by atoms with Crippen LogP contribution >= 0.6 is 11.6 Å². The van der Waals surface area contributed by atoms with Crippen LogP contribution < -0.4 is 21.3 Å². The number of benzene rings is 3. The number of ether oxygens (including phenoxy) is 1. The van der Waals surface area contributed by atoms with Crippen LogP contribution in [0.3, 0.4) is 0 Å². The van der Waals surface area contributed by atoms with E-state index in [0.29, 0.717) is 33.8 Å². The molecule has 19 nitrogen and oxygen atoms in total. The minimum absolute atomic E-state index is 0.000606. The van der Waals surface area contributed by atoms with Crippen LogP contribution in [0.2, 0.25) is 5.02 Å². The van der Waals surface area contributed by atoms with Crippen LogP contribution in [0.25, 0.3) is 0 Å². The molecule has 320 valence electrons. The van der Waals surface area contributed by atoms with Crippen molar-refractivity contribution in [1.29, 1.82) is 0 Å². The zero-order valence-corrected chi connectivity index (χ0v) is 34.2. The number of nitro groups is 1. The molecule has 1 fully saturated rings. The number of nitro benzene ring substituents is 1. The average molecular weight is 878 g/mol. The Hall–Kier alpha value is -6.51. The number of nitrogens with zero attached hydrogens (tertiary/aromatic N) is 3. The highest BCUT2D eigenvalue weighted by Gasteiger charge is 2.39. The molecule has 0 aromatic heterocycles. The summed E-state index contributed by atoms with van der Waals surface area (Å²) in [5, 5.41) is 21.3. The molecule has 0 aliphatic carbocycles. The van der Waals surface area contributed by atoms with E-state index in [-0.39, 0.29) is 76.0 Å². The molecule has 3 heterocycles. The first-order valence-electron chi connectivity index (χ1n) is 19.0. The maximum absolute atomic E-state index is 13.4. The van der Waals surface area contributed by atoms with Gasteiger partial charge in [-0.15, -0.1) is 0 Å². The lowest BCUT2D eigenvalue weighted by Crippen LogP contribution is -2.52. The Kier molecular flexibility index (Phi) is 13.6. The number of sulfone groups is 1. The Labute approximate surface area is 353 Å². The minimum atomic E-state index is -4.23. The van der Waals surface area contributed by atoms with Gasteiger partial charge in [0.1, 0.15) is 10.9 Å². The molecular formula is C40H40ClN7O12S. The molecule has 3 aliphatic rings. The summed E-state index contributed by atoms with van der Waals surface area (Å²) in [4.78, 5) is 98.3. The monoisotopic (exact) mass is 877 g/mol. The molecule has 0 spiro atoms. The topological polar surface area (TPSA) is 261 Å². The van der Waals surface area contributed by atoms with Crippen molar-refractivity contribution in [1.82, 2.24) is 25.8 Å². The molecule has 2 atom stereocenters. The van der Waals surface area contributed by atoms with Gasteiger partial charge < -0.3 is 25.6 Å². The van der Waals surface area contributed by atoms with Crippen LogP contribution in [-0.2, 0) is 53.3 Å². The van der Waals surface area contributed by atoms with Gasteiger partial charge in [-0.25, -0.2) is 13.2 Å². The summed E-state index contributed by atoms with van der Waals surface area (Å²) in [7, 11) is -4.23. The number of piperidine rings is 1. The number of rotatable bonds is 17. The third-order valence-electron chi connectivity index (χ3n) is 10.3. The molecule has 0 radical (unpaired) electrons. The van der Waals surface area contributed by atoms with Gasteiger partial charge in [0.05, 0.1) is 16.8 Å². The first-order valence-corrected chi connectivity index (χ1v) is 21.0. The normalized spacial score (nSPS) is 16.7. The van der Waals surface area contributed by atoms with Crippen LogP contribution in [0.15, 0.2) is 71.6 Å². The highest BCUT2D eigenvalue weighted by Crippen LogP contribution is 2.30. The van der Waals surface area contributed by atoms with Gasteiger partial charge in [-0.2, -0.15) is 0 Å². The van der Waals surface area contributed by atoms with Crippen molar-refractivity contribution >= 4 is 74.3 Å². The van der Waals surface area contributed by atoms with Crippen molar-refractivity contribution in [2.24, 2.45) is 0 Å². The van der Waals surface area contributed by atoms with Gasteiger partial charge in [-0.1, -0.05) is 29.8 Å². The van der Waals surface area contributed by atoms with E-state index < -0.39 is 66.3 Å². The van der Waals surface area contributed by atoms with Gasteiger partial charge in [-0.3, -0.25) is 49.1 Å². The van der Waals surface area contributed by atoms with E-state index in [1.54, 1.807) is 36.4 Å². The Morgan fingerprint density at radius 1 is 1.00 bits per heavy atom. The highest BCUT2D eigenvalue weighted by atomic mass is 35.5. The zero-order valence-electron chi connectivity index (χ0n) is 32.6. The molecule has 0 bridgehead atoms. The molecule has 0 saturated carbocycles. The van der Waals surface area contributed by atoms with E-state index in [0.717, 1.165) is 40.8 Å². The number of halogens is 1.